The highest BCUT2D eigenvalue weighted by molar-refractivity contribution is 6.11. The minimum absolute atomic E-state index is 0.151. The second-order valence-electron chi connectivity index (χ2n) is 6.12. The number of pyridine rings is 1. The fourth-order valence-electron chi connectivity index (χ4n) is 2.50. The number of amides is 2. The Morgan fingerprint density at radius 3 is 2.19 bits per heavy atom. The van der Waals surface area contributed by atoms with Crippen LogP contribution >= 0.6 is 0 Å². The van der Waals surface area contributed by atoms with E-state index in [1.165, 1.54) is 6.20 Å². The van der Waals surface area contributed by atoms with E-state index >= 15 is 0 Å². The van der Waals surface area contributed by atoms with Gasteiger partial charge in [0.05, 0.1) is 5.69 Å². The van der Waals surface area contributed by atoms with Crippen LogP contribution in [-0.2, 0) is 0 Å². The van der Waals surface area contributed by atoms with Gasteiger partial charge in [-0.1, -0.05) is 18.2 Å². The van der Waals surface area contributed by atoms with E-state index in [9.17, 15) is 9.59 Å². The number of benzene rings is 2. The predicted octanol–water partition coefficient (Wildman–Crippen LogP) is 3.65. The molecule has 2 amide bonds. The van der Waals surface area contributed by atoms with E-state index in [0.717, 1.165) is 5.69 Å². The Morgan fingerprint density at radius 1 is 0.815 bits per heavy atom. The standard InChI is InChI=1S/C21H20N4O2/c1-25(2)17-12-10-16(11-13-17)23-21(27)19-18(9-6-14-22-19)24-20(26)15-7-4-3-5-8-15/h3-14H,1-2H3,(H,23,27)(H,24,26). The van der Waals surface area contributed by atoms with E-state index < -0.39 is 5.91 Å². The molecule has 0 radical (unpaired) electrons. The third-order valence-electron chi connectivity index (χ3n) is 3.95. The first-order valence-corrected chi connectivity index (χ1v) is 8.45. The summed E-state index contributed by atoms with van der Waals surface area (Å²) >= 11 is 0. The third-order valence-corrected chi connectivity index (χ3v) is 3.95. The van der Waals surface area contributed by atoms with Crippen LogP contribution in [0.1, 0.15) is 20.8 Å². The van der Waals surface area contributed by atoms with Crippen LogP contribution in [0.4, 0.5) is 17.1 Å². The van der Waals surface area contributed by atoms with Crippen molar-refractivity contribution in [1.82, 2.24) is 4.98 Å². The van der Waals surface area contributed by atoms with Crippen LogP contribution in [0.25, 0.3) is 0 Å². The molecule has 3 rings (SSSR count). The molecule has 0 bridgehead atoms. The lowest BCUT2D eigenvalue weighted by Crippen LogP contribution is -2.19. The van der Waals surface area contributed by atoms with Gasteiger partial charge in [-0.05, 0) is 48.5 Å². The zero-order chi connectivity index (χ0) is 19.2. The molecule has 0 aliphatic carbocycles. The largest absolute Gasteiger partial charge is 0.378 e. The lowest BCUT2D eigenvalue weighted by molar-refractivity contribution is 0.102. The van der Waals surface area contributed by atoms with Crippen molar-refractivity contribution in [2.75, 3.05) is 29.6 Å². The first kappa shape index (κ1) is 18.1. The Hall–Kier alpha value is -3.67. The number of hydrogen-bond acceptors (Lipinski definition) is 4. The van der Waals surface area contributed by atoms with Gasteiger partial charge in [-0.2, -0.15) is 0 Å². The summed E-state index contributed by atoms with van der Waals surface area (Å²) in [5, 5.41) is 5.56. The molecule has 2 aromatic carbocycles. The molecule has 0 atom stereocenters. The fraction of sp³-hybridized carbons (Fsp3) is 0.0952. The summed E-state index contributed by atoms with van der Waals surface area (Å²) in [6.07, 6.45) is 1.52. The minimum Gasteiger partial charge on any atom is -0.378 e. The number of carbonyl (C=O) groups excluding carboxylic acids is 2. The average molecular weight is 360 g/mol. The smallest absolute Gasteiger partial charge is 0.276 e. The monoisotopic (exact) mass is 360 g/mol. The van der Waals surface area contributed by atoms with Gasteiger partial charge >= 0.3 is 0 Å². The Balaban J connectivity index is 1.76. The summed E-state index contributed by atoms with van der Waals surface area (Å²) in [5.74, 6) is -0.690. The van der Waals surface area contributed by atoms with Gasteiger partial charge in [-0.25, -0.2) is 4.98 Å². The summed E-state index contributed by atoms with van der Waals surface area (Å²) in [4.78, 5) is 31.1. The molecule has 136 valence electrons. The maximum absolute atomic E-state index is 12.6. The zero-order valence-electron chi connectivity index (χ0n) is 15.1. The highest BCUT2D eigenvalue weighted by Crippen LogP contribution is 2.19. The van der Waals surface area contributed by atoms with Gasteiger partial charge in [0.25, 0.3) is 11.8 Å². The molecule has 3 aromatic rings. The Labute approximate surface area is 157 Å². The summed E-state index contributed by atoms with van der Waals surface area (Å²) in [7, 11) is 3.90. The van der Waals surface area contributed by atoms with Crippen molar-refractivity contribution >= 4 is 28.9 Å². The summed E-state index contributed by atoms with van der Waals surface area (Å²) in [6.45, 7) is 0. The van der Waals surface area contributed by atoms with Gasteiger partial charge < -0.3 is 15.5 Å². The van der Waals surface area contributed by atoms with Gasteiger partial charge in [0.15, 0.2) is 5.69 Å². The maximum atomic E-state index is 12.6. The Morgan fingerprint density at radius 2 is 1.52 bits per heavy atom. The molecule has 2 N–H and O–H groups in total. The molecule has 6 nitrogen and oxygen atoms in total. The van der Waals surface area contributed by atoms with Gasteiger partial charge in [-0.15, -0.1) is 0 Å². The molecule has 1 aromatic heterocycles. The van der Waals surface area contributed by atoms with Gasteiger partial charge in [0.2, 0.25) is 0 Å². The van der Waals surface area contributed by atoms with E-state index in [2.05, 4.69) is 15.6 Å². The van der Waals surface area contributed by atoms with Crippen LogP contribution in [-0.4, -0.2) is 30.9 Å². The number of anilines is 3. The van der Waals surface area contributed by atoms with E-state index in [4.69, 9.17) is 0 Å². The van der Waals surface area contributed by atoms with E-state index in [-0.39, 0.29) is 11.6 Å². The summed E-state index contributed by atoms with van der Waals surface area (Å²) in [5.41, 5.74) is 2.69. The average Bonchev–Trinajstić information content (AvgIpc) is 2.69. The summed E-state index contributed by atoms with van der Waals surface area (Å²) < 4.78 is 0. The summed E-state index contributed by atoms with van der Waals surface area (Å²) in [6, 6.07) is 19.6. The molecule has 0 aliphatic heterocycles. The maximum Gasteiger partial charge on any atom is 0.276 e. The van der Waals surface area contributed by atoms with E-state index in [1.807, 2.05) is 49.3 Å². The Kier molecular flexibility index (Phi) is 5.47. The number of rotatable bonds is 5. The molecular formula is C21H20N4O2. The van der Waals surface area contributed by atoms with Crippen LogP contribution in [0.3, 0.4) is 0 Å². The predicted molar refractivity (Wildman–Crippen MR) is 107 cm³/mol. The van der Waals surface area contributed by atoms with Gasteiger partial charge in [-0.3, -0.25) is 9.59 Å². The van der Waals surface area contributed by atoms with Crippen molar-refractivity contribution in [2.45, 2.75) is 0 Å². The quantitative estimate of drug-likeness (QED) is 0.728. The zero-order valence-corrected chi connectivity index (χ0v) is 15.1. The molecule has 1 heterocycles. The topological polar surface area (TPSA) is 74.3 Å². The van der Waals surface area contributed by atoms with Crippen molar-refractivity contribution in [2.24, 2.45) is 0 Å². The Bertz CT molecular complexity index is 938. The van der Waals surface area contributed by atoms with Gasteiger partial charge in [0, 0.05) is 37.2 Å². The first-order valence-electron chi connectivity index (χ1n) is 8.45. The van der Waals surface area contributed by atoms with Crippen LogP contribution in [0, 0.1) is 0 Å². The van der Waals surface area contributed by atoms with Crippen LogP contribution in [0.5, 0.6) is 0 Å². The van der Waals surface area contributed by atoms with Crippen molar-refractivity contribution < 1.29 is 9.59 Å². The molecule has 0 unspecified atom stereocenters. The second-order valence-corrected chi connectivity index (χ2v) is 6.12. The number of aromatic nitrogens is 1. The number of carbonyl (C=O) groups is 2. The molecule has 0 saturated heterocycles. The lowest BCUT2D eigenvalue weighted by atomic mass is 10.2. The molecule has 0 aliphatic rings. The minimum atomic E-state index is -0.392. The number of nitrogens with one attached hydrogen (secondary N) is 2. The molecule has 0 spiro atoms. The van der Waals surface area contributed by atoms with Crippen molar-refractivity contribution in [3.05, 3.63) is 84.2 Å². The van der Waals surface area contributed by atoms with Crippen LogP contribution < -0.4 is 15.5 Å². The fourth-order valence-corrected chi connectivity index (χ4v) is 2.50. The van der Waals surface area contributed by atoms with Crippen molar-refractivity contribution in [1.29, 1.82) is 0 Å². The highest BCUT2D eigenvalue weighted by atomic mass is 16.2. The molecule has 6 heteroatoms. The van der Waals surface area contributed by atoms with E-state index in [0.29, 0.717) is 16.9 Å². The highest BCUT2D eigenvalue weighted by Gasteiger charge is 2.16. The lowest BCUT2D eigenvalue weighted by Gasteiger charge is -2.13. The van der Waals surface area contributed by atoms with Crippen molar-refractivity contribution in [3.63, 3.8) is 0 Å². The second kappa shape index (κ2) is 8.14. The van der Waals surface area contributed by atoms with Gasteiger partial charge in [0.1, 0.15) is 0 Å². The molecule has 0 saturated carbocycles. The number of nitrogens with zero attached hydrogens (tertiary/aromatic N) is 2. The van der Waals surface area contributed by atoms with E-state index in [1.54, 1.807) is 36.4 Å². The molecule has 0 fully saturated rings. The molecular weight excluding hydrogens is 340 g/mol. The van der Waals surface area contributed by atoms with Crippen LogP contribution in [0.15, 0.2) is 72.9 Å². The third kappa shape index (κ3) is 4.49. The molecule has 27 heavy (non-hydrogen) atoms. The normalized spacial score (nSPS) is 10.1. The van der Waals surface area contributed by atoms with Crippen LogP contribution in [0.2, 0.25) is 0 Å². The number of hydrogen-bond donors (Lipinski definition) is 2. The SMILES string of the molecule is CN(C)c1ccc(NC(=O)c2ncccc2NC(=O)c2ccccc2)cc1. The first-order chi connectivity index (χ1) is 13.0. The van der Waals surface area contributed by atoms with Crippen molar-refractivity contribution in [3.8, 4) is 0 Å².